The molecule has 0 aliphatic carbocycles. The van der Waals surface area contributed by atoms with Gasteiger partial charge in [-0.2, -0.15) is 0 Å². The second-order valence-corrected chi connectivity index (χ2v) is 2.05. The number of carbonyl (C=O) groups excluding carboxylic acids is 1. The molecule has 1 rings (SSSR count). The molecule has 0 spiro atoms. The first-order valence-corrected chi connectivity index (χ1v) is 2.92. The average Bonchev–Trinajstić information content (AvgIpc) is 1.94. The van der Waals surface area contributed by atoms with Crippen LogP contribution in [0.5, 0.6) is 0 Å². The van der Waals surface area contributed by atoms with Gasteiger partial charge in [0.05, 0.1) is 0 Å². The number of ketones is 1. The molecule has 1 aromatic carbocycles. The minimum absolute atomic E-state index is 0.0731. The lowest BCUT2D eigenvalue weighted by Crippen LogP contribution is -1.94. The van der Waals surface area contributed by atoms with E-state index < -0.39 is 17.4 Å². The predicted molar refractivity (Wildman–Crippen MR) is 36.0 cm³/mol. The van der Waals surface area contributed by atoms with E-state index >= 15 is 0 Å². The van der Waals surface area contributed by atoms with Crippen molar-refractivity contribution in [3.8, 4) is 0 Å². The molecule has 0 heterocycles. The molecule has 0 atom stereocenters. The molecule has 57 valence electrons. The number of benzene rings is 1. The predicted octanol–water partition coefficient (Wildman–Crippen LogP) is 1.98. The highest BCUT2D eigenvalue weighted by Gasteiger charge is 2.04. The molecule has 0 saturated heterocycles. The standard InChI is InChI=1S/C8H5F2O/c1-5(11)6-2-3-7(9)8(10)4-6/h2-4H,1H2. The van der Waals surface area contributed by atoms with Crippen LogP contribution in [0.4, 0.5) is 8.78 Å². The van der Waals surface area contributed by atoms with Crippen molar-refractivity contribution in [1.29, 1.82) is 0 Å². The van der Waals surface area contributed by atoms with Gasteiger partial charge in [-0.1, -0.05) is 0 Å². The Morgan fingerprint density at radius 2 is 1.91 bits per heavy atom. The van der Waals surface area contributed by atoms with E-state index in [9.17, 15) is 13.6 Å². The van der Waals surface area contributed by atoms with Crippen LogP contribution >= 0.6 is 0 Å². The molecule has 0 fully saturated rings. The van der Waals surface area contributed by atoms with E-state index in [1.807, 2.05) is 0 Å². The lowest BCUT2D eigenvalue weighted by atomic mass is 10.1. The van der Waals surface area contributed by atoms with Crippen molar-refractivity contribution in [3.63, 3.8) is 0 Å². The normalized spacial score (nSPS) is 9.73. The highest BCUT2D eigenvalue weighted by molar-refractivity contribution is 5.99. The van der Waals surface area contributed by atoms with Crippen molar-refractivity contribution < 1.29 is 13.6 Å². The summed E-state index contributed by atoms with van der Waals surface area (Å²) in [6.07, 6.45) is 0. The Hall–Kier alpha value is -1.25. The van der Waals surface area contributed by atoms with Crippen LogP contribution in [0, 0.1) is 18.6 Å². The molecule has 0 aliphatic heterocycles. The monoisotopic (exact) mass is 155 g/mol. The van der Waals surface area contributed by atoms with Crippen molar-refractivity contribution in [2.45, 2.75) is 0 Å². The van der Waals surface area contributed by atoms with Gasteiger partial charge < -0.3 is 0 Å². The Bertz CT molecular complexity index is 294. The number of halogens is 2. The maximum Gasteiger partial charge on any atom is 0.163 e. The fraction of sp³-hybridized carbons (Fsp3) is 0. The fourth-order valence-corrected chi connectivity index (χ4v) is 0.670. The second kappa shape index (κ2) is 2.78. The summed E-state index contributed by atoms with van der Waals surface area (Å²) in [5.41, 5.74) is 0.0731. The molecule has 0 amide bonds. The average molecular weight is 155 g/mol. The minimum atomic E-state index is -1.03. The van der Waals surface area contributed by atoms with Gasteiger partial charge in [-0.05, 0) is 18.2 Å². The third-order valence-electron chi connectivity index (χ3n) is 1.24. The third kappa shape index (κ3) is 1.61. The van der Waals surface area contributed by atoms with Gasteiger partial charge in [0.2, 0.25) is 0 Å². The molecule has 1 aromatic rings. The third-order valence-corrected chi connectivity index (χ3v) is 1.24. The summed E-state index contributed by atoms with van der Waals surface area (Å²) in [7, 11) is 0. The van der Waals surface area contributed by atoms with Gasteiger partial charge in [-0.15, -0.1) is 0 Å². The highest BCUT2D eigenvalue weighted by atomic mass is 19.2. The topological polar surface area (TPSA) is 17.1 Å². The van der Waals surface area contributed by atoms with Gasteiger partial charge >= 0.3 is 0 Å². The van der Waals surface area contributed by atoms with Crippen molar-refractivity contribution in [3.05, 3.63) is 42.3 Å². The molecular weight excluding hydrogens is 150 g/mol. The molecule has 1 nitrogen and oxygen atoms in total. The molecule has 0 aromatic heterocycles. The second-order valence-electron chi connectivity index (χ2n) is 2.05. The van der Waals surface area contributed by atoms with Crippen molar-refractivity contribution in [2.24, 2.45) is 0 Å². The zero-order chi connectivity index (χ0) is 8.43. The molecule has 11 heavy (non-hydrogen) atoms. The molecule has 0 unspecified atom stereocenters. The zero-order valence-corrected chi connectivity index (χ0v) is 5.60. The molecule has 0 N–H and O–H groups in total. The first-order valence-electron chi connectivity index (χ1n) is 2.92. The van der Waals surface area contributed by atoms with E-state index in [-0.39, 0.29) is 5.56 Å². The molecule has 1 radical (unpaired) electrons. The smallest absolute Gasteiger partial charge is 0.163 e. The van der Waals surface area contributed by atoms with Crippen LogP contribution in [-0.2, 0) is 0 Å². The van der Waals surface area contributed by atoms with Gasteiger partial charge in [0.15, 0.2) is 17.4 Å². The Kier molecular flexibility index (Phi) is 1.98. The van der Waals surface area contributed by atoms with E-state index in [0.717, 1.165) is 12.1 Å². The minimum Gasteiger partial charge on any atom is -0.294 e. The molecule has 0 aliphatic rings. The van der Waals surface area contributed by atoms with Crippen LogP contribution in [0.1, 0.15) is 10.4 Å². The maximum absolute atomic E-state index is 12.4. The summed E-state index contributed by atoms with van der Waals surface area (Å²) in [5, 5.41) is 0. The fourth-order valence-electron chi connectivity index (χ4n) is 0.670. The number of rotatable bonds is 1. The summed E-state index contributed by atoms with van der Waals surface area (Å²) >= 11 is 0. The molecule has 3 heteroatoms. The van der Waals surface area contributed by atoms with Crippen molar-refractivity contribution >= 4 is 5.78 Å². The van der Waals surface area contributed by atoms with E-state index in [2.05, 4.69) is 6.92 Å². The van der Waals surface area contributed by atoms with Crippen molar-refractivity contribution in [2.75, 3.05) is 0 Å². The van der Waals surface area contributed by atoms with E-state index in [0.29, 0.717) is 0 Å². The lowest BCUT2D eigenvalue weighted by Gasteiger charge is -1.95. The molecule has 0 saturated carbocycles. The quantitative estimate of drug-likeness (QED) is 0.567. The summed E-state index contributed by atoms with van der Waals surface area (Å²) in [6.45, 7) is 3.05. The summed E-state index contributed by atoms with van der Waals surface area (Å²) in [4.78, 5) is 10.5. The summed E-state index contributed by atoms with van der Waals surface area (Å²) < 4.78 is 24.6. The Labute approximate surface area is 62.7 Å². The Balaban J connectivity index is 3.15. The summed E-state index contributed by atoms with van der Waals surface area (Å²) in [6, 6.07) is 2.91. The van der Waals surface area contributed by atoms with Crippen molar-refractivity contribution in [1.82, 2.24) is 0 Å². The highest BCUT2D eigenvalue weighted by Crippen LogP contribution is 2.08. The van der Waals surface area contributed by atoms with E-state index in [4.69, 9.17) is 0 Å². The number of hydrogen-bond donors (Lipinski definition) is 0. The SMILES string of the molecule is [CH2]C(=O)c1ccc(F)c(F)c1. The van der Waals surface area contributed by atoms with Gasteiger partial charge in [0, 0.05) is 12.5 Å². The van der Waals surface area contributed by atoms with Crippen LogP contribution in [0.2, 0.25) is 0 Å². The first kappa shape index (κ1) is 7.85. The maximum atomic E-state index is 12.4. The number of carbonyl (C=O) groups is 1. The van der Waals surface area contributed by atoms with Crippen LogP contribution in [-0.4, -0.2) is 5.78 Å². The van der Waals surface area contributed by atoms with Gasteiger partial charge in [-0.3, -0.25) is 4.79 Å². The summed E-state index contributed by atoms with van der Waals surface area (Å²) in [5.74, 6) is -2.52. The Morgan fingerprint density at radius 1 is 1.27 bits per heavy atom. The Morgan fingerprint density at radius 3 is 2.36 bits per heavy atom. The molecular formula is C8H5F2O. The largest absolute Gasteiger partial charge is 0.294 e. The first-order chi connectivity index (χ1) is 5.11. The van der Waals surface area contributed by atoms with Crippen LogP contribution in [0.3, 0.4) is 0 Å². The van der Waals surface area contributed by atoms with Gasteiger partial charge in [0.1, 0.15) is 0 Å². The van der Waals surface area contributed by atoms with Gasteiger partial charge in [-0.25, -0.2) is 8.78 Å². The van der Waals surface area contributed by atoms with E-state index in [1.54, 1.807) is 0 Å². The number of Topliss-reactive ketones (excluding diaryl/α,β-unsaturated/α-hetero) is 1. The molecule has 0 bridgehead atoms. The van der Waals surface area contributed by atoms with Gasteiger partial charge in [0.25, 0.3) is 0 Å². The zero-order valence-electron chi connectivity index (χ0n) is 5.60. The lowest BCUT2D eigenvalue weighted by molar-refractivity contribution is 0.104. The number of hydrogen-bond acceptors (Lipinski definition) is 1. The van der Waals surface area contributed by atoms with E-state index in [1.165, 1.54) is 6.07 Å². The van der Waals surface area contributed by atoms with Crippen LogP contribution in [0.15, 0.2) is 18.2 Å². The van der Waals surface area contributed by atoms with Crippen LogP contribution in [0.25, 0.3) is 0 Å². The van der Waals surface area contributed by atoms with Crippen LogP contribution < -0.4 is 0 Å².